The molecule has 0 aromatic heterocycles. The summed E-state index contributed by atoms with van der Waals surface area (Å²) in [4.78, 5) is 0. The fourth-order valence-corrected chi connectivity index (χ4v) is 4.32. The first-order valence-corrected chi connectivity index (χ1v) is 9.83. The summed E-state index contributed by atoms with van der Waals surface area (Å²) in [6.45, 7) is 4.15. The topological polar surface area (TPSA) is 21.3 Å². The van der Waals surface area contributed by atoms with Crippen LogP contribution in [0.15, 0.2) is 18.2 Å². The van der Waals surface area contributed by atoms with Gasteiger partial charge in [-0.2, -0.15) is 0 Å². The number of nitrogens with one attached hydrogen (secondary N) is 1. The Labute approximate surface area is 142 Å². The minimum atomic E-state index is 0.662. The van der Waals surface area contributed by atoms with E-state index in [2.05, 4.69) is 30.4 Å². The van der Waals surface area contributed by atoms with Crippen LogP contribution in [-0.2, 0) is 12.8 Å². The number of aryl methyl sites for hydroxylation is 1. The quantitative estimate of drug-likeness (QED) is 0.723. The van der Waals surface area contributed by atoms with E-state index in [4.69, 9.17) is 4.74 Å². The largest absolute Gasteiger partial charge is 0.494 e. The molecule has 1 N–H and O–H groups in total. The van der Waals surface area contributed by atoms with Gasteiger partial charge in [-0.3, -0.25) is 0 Å². The van der Waals surface area contributed by atoms with Crippen molar-refractivity contribution < 1.29 is 4.74 Å². The van der Waals surface area contributed by atoms with E-state index in [0.29, 0.717) is 6.04 Å². The van der Waals surface area contributed by atoms with Gasteiger partial charge < -0.3 is 10.1 Å². The Balaban J connectivity index is 1.42. The standard InChI is InChI=1S/C21H33NO/c1-2-22-20-12-10-19-16-21(13-11-18(19)15-20)23-14-6-9-17-7-4-3-5-8-17/h11,13,16-17,20,22H,2-10,12,14-15H2,1H3. The fourth-order valence-electron chi connectivity index (χ4n) is 4.32. The van der Waals surface area contributed by atoms with Gasteiger partial charge >= 0.3 is 0 Å². The number of fused-ring (bicyclic) bond motifs is 1. The number of ether oxygens (including phenoxy) is 1. The number of rotatable bonds is 7. The van der Waals surface area contributed by atoms with Gasteiger partial charge in [-0.15, -0.1) is 0 Å². The lowest BCUT2D eigenvalue weighted by Crippen LogP contribution is -2.34. The van der Waals surface area contributed by atoms with Crippen LogP contribution in [-0.4, -0.2) is 19.2 Å². The molecule has 128 valence electrons. The molecule has 0 heterocycles. The Morgan fingerprint density at radius 3 is 2.78 bits per heavy atom. The van der Waals surface area contributed by atoms with Crippen molar-refractivity contribution in [3.63, 3.8) is 0 Å². The van der Waals surface area contributed by atoms with Crippen molar-refractivity contribution in [2.45, 2.75) is 77.2 Å². The fraction of sp³-hybridized carbons (Fsp3) is 0.714. The minimum absolute atomic E-state index is 0.662. The first-order chi connectivity index (χ1) is 11.3. The summed E-state index contributed by atoms with van der Waals surface area (Å²) in [7, 11) is 0. The summed E-state index contributed by atoms with van der Waals surface area (Å²) >= 11 is 0. The van der Waals surface area contributed by atoms with Gasteiger partial charge in [0.2, 0.25) is 0 Å². The lowest BCUT2D eigenvalue weighted by molar-refractivity contribution is 0.269. The molecule has 1 saturated carbocycles. The van der Waals surface area contributed by atoms with Crippen molar-refractivity contribution in [1.29, 1.82) is 0 Å². The first-order valence-electron chi connectivity index (χ1n) is 9.83. The average molecular weight is 316 g/mol. The van der Waals surface area contributed by atoms with Crippen LogP contribution >= 0.6 is 0 Å². The van der Waals surface area contributed by atoms with Gasteiger partial charge in [-0.1, -0.05) is 45.1 Å². The van der Waals surface area contributed by atoms with Gasteiger partial charge in [-0.05, 0) is 67.8 Å². The summed E-state index contributed by atoms with van der Waals surface area (Å²) in [5.74, 6) is 2.05. The van der Waals surface area contributed by atoms with Crippen LogP contribution in [0.3, 0.4) is 0 Å². The van der Waals surface area contributed by atoms with Crippen LogP contribution in [0.1, 0.15) is 69.4 Å². The molecule has 0 radical (unpaired) electrons. The molecule has 1 aromatic carbocycles. The molecule has 1 fully saturated rings. The minimum Gasteiger partial charge on any atom is -0.494 e. The predicted octanol–water partition coefficient (Wildman–Crippen LogP) is 4.89. The molecule has 2 heteroatoms. The van der Waals surface area contributed by atoms with Crippen molar-refractivity contribution in [2.75, 3.05) is 13.2 Å². The van der Waals surface area contributed by atoms with Crippen LogP contribution < -0.4 is 10.1 Å². The third-order valence-electron chi connectivity index (χ3n) is 5.65. The summed E-state index contributed by atoms with van der Waals surface area (Å²) < 4.78 is 6.02. The van der Waals surface area contributed by atoms with Gasteiger partial charge in [0.05, 0.1) is 6.61 Å². The van der Waals surface area contributed by atoms with Crippen LogP contribution in [0.5, 0.6) is 5.75 Å². The maximum absolute atomic E-state index is 6.02. The van der Waals surface area contributed by atoms with Gasteiger partial charge in [0.25, 0.3) is 0 Å². The van der Waals surface area contributed by atoms with Crippen LogP contribution in [0.2, 0.25) is 0 Å². The molecule has 2 nitrogen and oxygen atoms in total. The van der Waals surface area contributed by atoms with Crippen molar-refractivity contribution in [3.05, 3.63) is 29.3 Å². The van der Waals surface area contributed by atoms with Gasteiger partial charge in [0.1, 0.15) is 5.75 Å². The molecular weight excluding hydrogens is 282 g/mol. The number of likely N-dealkylation sites (N-methyl/N-ethyl adjacent to an activating group) is 1. The lowest BCUT2D eigenvalue weighted by Gasteiger charge is -2.25. The normalized spacial score (nSPS) is 21.9. The van der Waals surface area contributed by atoms with Crippen LogP contribution in [0, 0.1) is 5.92 Å². The second-order valence-electron chi connectivity index (χ2n) is 7.42. The molecule has 0 saturated heterocycles. The highest BCUT2D eigenvalue weighted by atomic mass is 16.5. The highest BCUT2D eigenvalue weighted by Crippen LogP contribution is 2.28. The predicted molar refractivity (Wildman–Crippen MR) is 97.2 cm³/mol. The van der Waals surface area contributed by atoms with E-state index in [0.717, 1.165) is 24.8 Å². The number of hydrogen-bond acceptors (Lipinski definition) is 2. The zero-order valence-electron chi connectivity index (χ0n) is 14.8. The van der Waals surface area contributed by atoms with Gasteiger partial charge in [0.15, 0.2) is 0 Å². The van der Waals surface area contributed by atoms with Gasteiger partial charge in [0, 0.05) is 6.04 Å². The molecule has 0 aliphatic heterocycles. The highest BCUT2D eigenvalue weighted by molar-refractivity contribution is 5.37. The van der Waals surface area contributed by atoms with Crippen molar-refractivity contribution in [3.8, 4) is 5.75 Å². The maximum Gasteiger partial charge on any atom is 0.119 e. The molecular formula is C21H33NO. The Kier molecular flexibility index (Phi) is 6.38. The second kappa shape index (κ2) is 8.73. The third-order valence-corrected chi connectivity index (χ3v) is 5.65. The number of hydrogen-bond donors (Lipinski definition) is 1. The molecule has 3 rings (SSSR count). The van der Waals surface area contributed by atoms with E-state index in [1.807, 2.05) is 0 Å². The van der Waals surface area contributed by atoms with Crippen LogP contribution in [0.25, 0.3) is 0 Å². The number of benzene rings is 1. The van der Waals surface area contributed by atoms with E-state index in [1.54, 1.807) is 0 Å². The molecule has 2 aliphatic carbocycles. The SMILES string of the molecule is CCNC1CCc2cc(OCCCC3CCCCC3)ccc2C1. The molecule has 23 heavy (non-hydrogen) atoms. The van der Waals surface area contributed by atoms with E-state index < -0.39 is 0 Å². The summed E-state index contributed by atoms with van der Waals surface area (Å²) in [6, 6.07) is 7.41. The third kappa shape index (κ3) is 4.97. The Bertz CT molecular complexity index is 479. The average Bonchev–Trinajstić information content (AvgIpc) is 2.60. The first kappa shape index (κ1) is 16.8. The smallest absolute Gasteiger partial charge is 0.119 e. The summed E-state index contributed by atoms with van der Waals surface area (Å²) in [5.41, 5.74) is 3.01. The van der Waals surface area contributed by atoms with Crippen LogP contribution in [0.4, 0.5) is 0 Å². The second-order valence-corrected chi connectivity index (χ2v) is 7.42. The molecule has 1 aromatic rings. The van der Waals surface area contributed by atoms with E-state index in [1.165, 1.54) is 75.3 Å². The molecule has 0 bridgehead atoms. The zero-order chi connectivity index (χ0) is 15.9. The molecule has 1 atom stereocenters. The maximum atomic E-state index is 6.02. The molecule has 2 aliphatic rings. The van der Waals surface area contributed by atoms with E-state index in [9.17, 15) is 0 Å². The van der Waals surface area contributed by atoms with Crippen molar-refractivity contribution in [1.82, 2.24) is 5.32 Å². The Morgan fingerprint density at radius 1 is 1.09 bits per heavy atom. The Hall–Kier alpha value is -1.02. The van der Waals surface area contributed by atoms with E-state index >= 15 is 0 Å². The lowest BCUT2D eigenvalue weighted by atomic mass is 9.86. The zero-order valence-corrected chi connectivity index (χ0v) is 14.8. The monoisotopic (exact) mass is 315 g/mol. The summed E-state index contributed by atoms with van der Waals surface area (Å²) in [5, 5.41) is 3.58. The van der Waals surface area contributed by atoms with Crippen molar-refractivity contribution in [2.24, 2.45) is 5.92 Å². The summed E-state index contributed by atoms with van der Waals surface area (Å²) in [6.07, 6.45) is 13.4. The highest BCUT2D eigenvalue weighted by Gasteiger charge is 2.18. The van der Waals surface area contributed by atoms with Crippen molar-refractivity contribution >= 4 is 0 Å². The van der Waals surface area contributed by atoms with E-state index in [-0.39, 0.29) is 0 Å². The Morgan fingerprint density at radius 2 is 1.96 bits per heavy atom. The van der Waals surface area contributed by atoms with Gasteiger partial charge in [-0.25, -0.2) is 0 Å². The molecule has 0 spiro atoms. The molecule has 0 amide bonds. The molecule has 1 unspecified atom stereocenters.